The van der Waals surface area contributed by atoms with Crippen molar-refractivity contribution in [3.8, 4) is 0 Å². The zero-order valence-corrected chi connectivity index (χ0v) is 8.63. The molecular formula is C10H21N3. The fourth-order valence-corrected chi connectivity index (χ4v) is 2.72. The van der Waals surface area contributed by atoms with Gasteiger partial charge < -0.3 is 4.90 Å². The van der Waals surface area contributed by atoms with E-state index in [1.54, 1.807) is 0 Å². The molecule has 2 rings (SSSR count). The minimum absolute atomic E-state index is 0.584. The van der Waals surface area contributed by atoms with Gasteiger partial charge in [0.1, 0.15) is 0 Å². The van der Waals surface area contributed by atoms with Crippen molar-refractivity contribution >= 4 is 0 Å². The number of likely N-dealkylation sites (tertiary alicyclic amines) is 1. The highest BCUT2D eigenvalue weighted by Crippen LogP contribution is 2.38. The molecular weight excluding hydrogens is 162 g/mol. The summed E-state index contributed by atoms with van der Waals surface area (Å²) in [6, 6.07) is 0. The average Bonchev–Trinajstić information content (AvgIpc) is 2.49. The van der Waals surface area contributed by atoms with Gasteiger partial charge in [0.25, 0.3) is 0 Å². The standard InChI is InChI=1S/C10H21N3/c1-2-12-6-3-10(4-7-12)5-8-13(11)9-10/h2-9,11H2,1H3. The Labute approximate surface area is 80.8 Å². The summed E-state index contributed by atoms with van der Waals surface area (Å²) in [6.45, 7) is 8.26. The molecule has 0 bridgehead atoms. The van der Waals surface area contributed by atoms with E-state index >= 15 is 0 Å². The smallest absolute Gasteiger partial charge is 0.0186 e. The Morgan fingerprint density at radius 1 is 1.15 bits per heavy atom. The van der Waals surface area contributed by atoms with Crippen molar-refractivity contribution in [2.45, 2.75) is 26.2 Å². The number of nitrogens with two attached hydrogens (primary N) is 1. The Bertz CT molecular complexity index is 173. The van der Waals surface area contributed by atoms with Crippen LogP contribution in [-0.2, 0) is 0 Å². The first-order chi connectivity index (χ1) is 6.24. The Kier molecular flexibility index (Phi) is 2.58. The second-order valence-corrected chi connectivity index (χ2v) is 4.65. The lowest BCUT2D eigenvalue weighted by atomic mass is 9.78. The van der Waals surface area contributed by atoms with Gasteiger partial charge in [-0.3, -0.25) is 5.84 Å². The molecule has 3 heteroatoms. The second kappa shape index (κ2) is 3.56. The highest BCUT2D eigenvalue weighted by Gasteiger charge is 2.39. The quantitative estimate of drug-likeness (QED) is 0.606. The van der Waals surface area contributed by atoms with Gasteiger partial charge in [-0.25, -0.2) is 5.01 Å². The van der Waals surface area contributed by atoms with Crippen molar-refractivity contribution in [2.24, 2.45) is 11.3 Å². The minimum Gasteiger partial charge on any atom is -0.304 e. The van der Waals surface area contributed by atoms with Gasteiger partial charge in [-0.05, 0) is 44.3 Å². The number of nitrogens with zero attached hydrogens (tertiary/aromatic N) is 2. The van der Waals surface area contributed by atoms with Crippen molar-refractivity contribution < 1.29 is 0 Å². The Morgan fingerprint density at radius 2 is 1.77 bits per heavy atom. The van der Waals surface area contributed by atoms with E-state index in [9.17, 15) is 0 Å². The van der Waals surface area contributed by atoms with Crippen LogP contribution in [-0.4, -0.2) is 42.6 Å². The molecule has 0 aromatic heterocycles. The molecule has 2 N–H and O–H groups in total. The molecule has 2 heterocycles. The molecule has 0 unspecified atom stereocenters. The Balaban J connectivity index is 1.90. The third-order valence-corrected chi connectivity index (χ3v) is 3.83. The van der Waals surface area contributed by atoms with Crippen LogP contribution in [0.2, 0.25) is 0 Å². The number of rotatable bonds is 1. The van der Waals surface area contributed by atoms with Gasteiger partial charge in [0.15, 0.2) is 0 Å². The lowest BCUT2D eigenvalue weighted by Crippen LogP contribution is -2.42. The molecule has 2 aliphatic heterocycles. The van der Waals surface area contributed by atoms with E-state index in [1.807, 2.05) is 5.01 Å². The van der Waals surface area contributed by atoms with Crippen LogP contribution in [0.15, 0.2) is 0 Å². The van der Waals surface area contributed by atoms with Crippen molar-refractivity contribution in [1.82, 2.24) is 9.91 Å². The maximum Gasteiger partial charge on any atom is 0.0186 e. The molecule has 13 heavy (non-hydrogen) atoms. The zero-order chi connectivity index (χ0) is 9.31. The van der Waals surface area contributed by atoms with Gasteiger partial charge >= 0.3 is 0 Å². The molecule has 2 saturated heterocycles. The predicted molar refractivity (Wildman–Crippen MR) is 54.2 cm³/mol. The summed E-state index contributed by atoms with van der Waals surface area (Å²) in [5.41, 5.74) is 0.584. The van der Waals surface area contributed by atoms with Crippen LogP contribution in [0.1, 0.15) is 26.2 Å². The second-order valence-electron chi connectivity index (χ2n) is 4.65. The van der Waals surface area contributed by atoms with Gasteiger partial charge in [0.2, 0.25) is 0 Å². The maximum absolute atomic E-state index is 5.83. The minimum atomic E-state index is 0.584. The predicted octanol–water partition coefficient (Wildman–Crippen LogP) is 0.668. The molecule has 0 aromatic rings. The third kappa shape index (κ3) is 1.87. The van der Waals surface area contributed by atoms with E-state index in [0.717, 1.165) is 13.1 Å². The van der Waals surface area contributed by atoms with Crippen LogP contribution in [0.5, 0.6) is 0 Å². The van der Waals surface area contributed by atoms with E-state index in [2.05, 4.69) is 11.8 Å². The molecule has 0 atom stereocenters. The highest BCUT2D eigenvalue weighted by atomic mass is 15.4. The summed E-state index contributed by atoms with van der Waals surface area (Å²) in [6.07, 6.45) is 4.03. The van der Waals surface area contributed by atoms with Gasteiger partial charge in [-0.2, -0.15) is 0 Å². The highest BCUT2D eigenvalue weighted by molar-refractivity contribution is 4.92. The number of hydrazine groups is 1. The maximum atomic E-state index is 5.83. The SMILES string of the molecule is CCN1CCC2(CCN(N)C2)CC1. The molecule has 0 saturated carbocycles. The summed E-state index contributed by atoms with van der Waals surface area (Å²) in [5, 5.41) is 2.00. The van der Waals surface area contributed by atoms with Crippen LogP contribution in [0.4, 0.5) is 0 Å². The fraction of sp³-hybridized carbons (Fsp3) is 1.00. The van der Waals surface area contributed by atoms with E-state index in [0.29, 0.717) is 5.41 Å². The monoisotopic (exact) mass is 183 g/mol. The number of hydrogen-bond donors (Lipinski definition) is 1. The largest absolute Gasteiger partial charge is 0.304 e. The molecule has 1 spiro atoms. The van der Waals surface area contributed by atoms with Crippen LogP contribution in [0.25, 0.3) is 0 Å². The van der Waals surface area contributed by atoms with Crippen LogP contribution in [0.3, 0.4) is 0 Å². The molecule has 2 aliphatic rings. The molecule has 3 nitrogen and oxygen atoms in total. The van der Waals surface area contributed by atoms with E-state index in [4.69, 9.17) is 5.84 Å². The summed E-state index contributed by atoms with van der Waals surface area (Å²) < 4.78 is 0. The van der Waals surface area contributed by atoms with Crippen molar-refractivity contribution in [3.05, 3.63) is 0 Å². The van der Waals surface area contributed by atoms with Gasteiger partial charge in [-0.15, -0.1) is 0 Å². The van der Waals surface area contributed by atoms with Crippen molar-refractivity contribution in [1.29, 1.82) is 0 Å². The zero-order valence-electron chi connectivity index (χ0n) is 8.63. The molecule has 0 amide bonds. The van der Waals surface area contributed by atoms with Gasteiger partial charge in [-0.1, -0.05) is 6.92 Å². The Morgan fingerprint density at radius 3 is 2.23 bits per heavy atom. The number of piperidine rings is 1. The van der Waals surface area contributed by atoms with Gasteiger partial charge in [0.05, 0.1) is 0 Å². The number of hydrogen-bond acceptors (Lipinski definition) is 3. The molecule has 0 aliphatic carbocycles. The first-order valence-electron chi connectivity index (χ1n) is 5.46. The first-order valence-corrected chi connectivity index (χ1v) is 5.46. The molecule has 76 valence electrons. The summed E-state index contributed by atoms with van der Waals surface area (Å²) in [7, 11) is 0. The Hall–Kier alpha value is -0.120. The van der Waals surface area contributed by atoms with Gasteiger partial charge in [0, 0.05) is 13.1 Å². The fourth-order valence-electron chi connectivity index (χ4n) is 2.72. The summed E-state index contributed by atoms with van der Waals surface area (Å²) in [4.78, 5) is 2.55. The van der Waals surface area contributed by atoms with Crippen molar-refractivity contribution in [2.75, 3.05) is 32.7 Å². The van der Waals surface area contributed by atoms with E-state index < -0.39 is 0 Å². The normalized spacial score (nSPS) is 30.0. The van der Waals surface area contributed by atoms with Crippen LogP contribution < -0.4 is 5.84 Å². The van der Waals surface area contributed by atoms with Crippen LogP contribution >= 0.6 is 0 Å². The first kappa shape index (κ1) is 9.44. The molecule has 0 radical (unpaired) electrons. The van der Waals surface area contributed by atoms with Crippen LogP contribution in [0, 0.1) is 5.41 Å². The summed E-state index contributed by atoms with van der Waals surface area (Å²) >= 11 is 0. The third-order valence-electron chi connectivity index (χ3n) is 3.83. The lowest BCUT2D eigenvalue weighted by molar-refractivity contribution is 0.112. The topological polar surface area (TPSA) is 32.5 Å². The summed E-state index contributed by atoms with van der Waals surface area (Å²) in [5.74, 6) is 5.83. The van der Waals surface area contributed by atoms with Crippen molar-refractivity contribution in [3.63, 3.8) is 0 Å². The lowest BCUT2D eigenvalue weighted by Gasteiger charge is -2.38. The average molecular weight is 183 g/mol. The van der Waals surface area contributed by atoms with E-state index in [-0.39, 0.29) is 0 Å². The molecule has 0 aromatic carbocycles. The molecule has 2 fully saturated rings. The van der Waals surface area contributed by atoms with E-state index in [1.165, 1.54) is 38.9 Å².